The van der Waals surface area contributed by atoms with Crippen LogP contribution in [-0.2, 0) is 0 Å². The zero-order valence-electron chi connectivity index (χ0n) is 10.4. The second kappa shape index (κ2) is 5.79. The van der Waals surface area contributed by atoms with E-state index in [9.17, 15) is 9.18 Å². The van der Waals surface area contributed by atoms with Crippen LogP contribution in [0.3, 0.4) is 0 Å². The number of anilines is 1. The summed E-state index contributed by atoms with van der Waals surface area (Å²) < 4.78 is 13.7. The minimum Gasteiger partial charge on any atom is -0.381 e. The van der Waals surface area contributed by atoms with E-state index in [2.05, 4.69) is 10.3 Å². The number of nitrogens with two attached hydrogens (primary N) is 1. The molecule has 0 saturated carbocycles. The summed E-state index contributed by atoms with van der Waals surface area (Å²) >= 11 is 1.55. The molecule has 1 unspecified atom stereocenters. The van der Waals surface area contributed by atoms with Gasteiger partial charge in [0.2, 0.25) is 0 Å². The summed E-state index contributed by atoms with van der Waals surface area (Å²) in [5.41, 5.74) is 5.27. The number of thiophene rings is 1. The van der Waals surface area contributed by atoms with Gasteiger partial charge in [0.05, 0.1) is 11.6 Å². The zero-order chi connectivity index (χ0) is 13.8. The van der Waals surface area contributed by atoms with E-state index in [1.165, 1.54) is 12.3 Å². The first kappa shape index (κ1) is 13.5. The van der Waals surface area contributed by atoms with Gasteiger partial charge in [0.25, 0.3) is 5.91 Å². The molecule has 19 heavy (non-hydrogen) atoms. The number of hydrogen-bond acceptors (Lipinski definition) is 4. The highest BCUT2D eigenvalue weighted by atomic mass is 32.1. The van der Waals surface area contributed by atoms with E-state index in [0.29, 0.717) is 0 Å². The summed E-state index contributed by atoms with van der Waals surface area (Å²) in [5.74, 6) is -1.52. The van der Waals surface area contributed by atoms with E-state index in [1.54, 1.807) is 11.3 Å². The van der Waals surface area contributed by atoms with Crippen LogP contribution in [0, 0.1) is 5.82 Å². The van der Waals surface area contributed by atoms with Gasteiger partial charge in [-0.3, -0.25) is 4.79 Å². The molecule has 0 aromatic carbocycles. The monoisotopic (exact) mass is 279 g/mol. The van der Waals surface area contributed by atoms with Crippen molar-refractivity contribution in [3.05, 3.63) is 46.0 Å². The Morgan fingerprint density at radius 3 is 3.00 bits per heavy atom. The van der Waals surface area contributed by atoms with E-state index < -0.39 is 11.7 Å². The van der Waals surface area contributed by atoms with Gasteiger partial charge in [-0.25, -0.2) is 9.37 Å². The van der Waals surface area contributed by atoms with Gasteiger partial charge in [0, 0.05) is 11.1 Å². The maximum Gasteiger partial charge on any atom is 0.254 e. The largest absolute Gasteiger partial charge is 0.381 e. The second-order valence-corrected chi connectivity index (χ2v) is 4.99. The Balaban J connectivity index is 2.18. The van der Waals surface area contributed by atoms with Crippen molar-refractivity contribution in [1.29, 1.82) is 0 Å². The van der Waals surface area contributed by atoms with E-state index in [0.717, 1.165) is 11.3 Å². The summed E-state index contributed by atoms with van der Waals surface area (Å²) in [4.78, 5) is 16.7. The van der Waals surface area contributed by atoms with Gasteiger partial charge in [-0.1, -0.05) is 13.0 Å². The number of halogens is 1. The molecule has 100 valence electrons. The first-order chi connectivity index (χ1) is 9.13. The second-order valence-electron chi connectivity index (χ2n) is 4.01. The number of hydrogen-bond donors (Lipinski definition) is 2. The normalized spacial score (nSPS) is 12.1. The van der Waals surface area contributed by atoms with Gasteiger partial charge in [-0.15, -0.1) is 11.3 Å². The quantitative estimate of drug-likeness (QED) is 0.904. The third-order valence-corrected chi connectivity index (χ3v) is 3.75. The Labute approximate surface area is 114 Å². The third kappa shape index (κ3) is 2.90. The zero-order valence-corrected chi connectivity index (χ0v) is 11.2. The number of nitrogens with one attached hydrogen (secondary N) is 1. The predicted octanol–water partition coefficient (Wildman–Crippen LogP) is 2.75. The number of carbonyl (C=O) groups excluding carboxylic acids is 1. The fourth-order valence-electron chi connectivity index (χ4n) is 1.74. The lowest BCUT2D eigenvalue weighted by Gasteiger charge is -2.15. The van der Waals surface area contributed by atoms with Crippen LogP contribution < -0.4 is 11.1 Å². The molecule has 2 heterocycles. The summed E-state index contributed by atoms with van der Waals surface area (Å²) in [6.45, 7) is 1.96. The Morgan fingerprint density at radius 1 is 1.58 bits per heavy atom. The Bertz CT molecular complexity index is 571. The van der Waals surface area contributed by atoms with Gasteiger partial charge >= 0.3 is 0 Å². The summed E-state index contributed by atoms with van der Waals surface area (Å²) in [7, 11) is 0. The van der Waals surface area contributed by atoms with Crippen molar-refractivity contribution in [2.75, 3.05) is 5.73 Å². The topological polar surface area (TPSA) is 68.0 Å². The molecular formula is C13H14FN3OS. The molecule has 0 aliphatic rings. The van der Waals surface area contributed by atoms with Crippen molar-refractivity contribution >= 4 is 23.1 Å². The van der Waals surface area contributed by atoms with Gasteiger partial charge in [0.1, 0.15) is 0 Å². The lowest BCUT2D eigenvalue weighted by molar-refractivity contribution is 0.0932. The van der Waals surface area contributed by atoms with Crippen LogP contribution in [0.2, 0.25) is 0 Å². The molecular weight excluding hydrogens is 265 g/mol. The number of amides is 1. The molecule has 2 aromatic heterocycles. The molecule has 0 radical (unpaired) electrons. The molecule has 0 fully saturated rings. The van der Waals surface area contributed by atoms with Crippen molar-refractivity contribution in [2.24, 2.45) is 0 Å². The molecule has 1 atom stereocenters. The number of rotatable bonds is 4. The molecule has 3 N–H and O–H groups in total. The maximum absolute atomic E-state index is 13.7. The van der Waals surface area contributed by atoms with Crippen LogP contribution in [0.25, 0.3) is 0 Å². The standard InChI is InChI=1S/C13H14FN3OS/c1-2-9(10-4-3-7-19-10)17-13(18)8-5-6-16-12(15)11(8)14/h3-7,9H,2H2,1H3,(H2,15,16)(H,17,18). The van der Waals surface area contributed by atoms with E-state index in [-0.39, 0.29) is 17.4 Å². The van der Waals surface area contributed by atoms with Crippen LogP contribution in [0.15, 0.2) is 29.8 Å². The number of pyridine rings is 1. The lowest BCUT2D eigenvalue weighted by Crippen LogP contribution is -2.28. The summed E-state index contributed by atoms with van der Waals surface area (Å²) in [6, 6.07) is 5.06. The van der Waals surface area contributed by atoms with Crippen molar-refractivity contribution in [2.45, 2.75) is 19.4 Å². The molecule has 1 amide bonds. The highest BCUT2D eigenvalue weighted by Crippen LogP contribution is 2.22. The molecule has 0 saturated heterocycles. The van der Waals surface area contributed by atoms with E-state index in [4.69, 9.17) is 5.73 Å². The van der Waals surface area contributed by atoms with Crippen LogP contribution in [0.1, 0.15) is 34.6 Å². The summed E-state index contributed by atoms with van der Waals surface area (Å²) in [5, 5.41) is 4.74. The number of nitrogen functional groups attached to an aromatic ring is 1. The van der Waals surface area contributed by atoms with Crippen LogP contribution in [0.4, 0.5) is 10.2 Å². The smallest absolute Gasteiger partial charge is 0.254 e. The van der Waals surface area contributed by atoms with Crippen LogP contribution in [-0.4, -0.2) is 10.9 Å². The fraction of sp³-hybridized carbons (Fsp3) is 0.231. The Kier molecular flexibility index (Phi) is 4.11. The molecule has 0 bridgehead atoms. The first-order valence-corrected chi connectivity index (χ1v) is 6.75. The van der Waals surface area contributed by atoms with Crippen LogP contribution >= 0.6 is 11.3 Å². The number of carbonyl (C=O) groups is 1. The maximum atomic E-state index is 13.7. The third-order valence-electron chi connectivity index (χ3n) is 2.76. The minimum absolute atomic E-state index is 0.0810. The average molecular weight is 279 g/mol. The van der Waals surface area contributed by atoms with Gasteiger partial charge in [-0.2, -0.15) is 0 Å². The molecule has 0 spiro atoms. The molecule has 0 aliphatic heterocycles. The predicted molar refractivity (Wildman–Crippen MR) is 73.4 cm³/mol. The van der Waals surface area contributed by atoms with E-state index in [1.807, 2.05) is 24.4 Å². The SMILES string of the molecule is CCC(NC(=O)c1ccnc(N)c1F)c1cccs1. The van der Waals surface area contributed by atoms with Crippen LogP contribution in [0.5, 0.6) is 0 Å². The molecule has 2 aromatic rings. The molecule has 4 nitrogen and oxygen atoms in total. The van der Waals surface area contributed by atoms with Gasteiger partial charge in [0.15, 0.2) is 11.6 Å². The van der Waals surface area contributed by atoms with Gasteiger partial charge < -0.3 is 11.1 Å². The molecule has 0 aliphatic carbocycles. The highest BCUT2D eigenvalue weighted by Gasteiger charge is 2.19. The van der Waals surface area contributed by atoms with Crippen molar-refractivity contribution in [3.8, 4) is 0 Å². The van der Waals surface area contributed by atoms with E-state index >= 15 is 0 Å². The fourth-order valence-corrected chi connectivity index (χ4v) is 2.60. The molecule has 6 heteroatoms. The Morgan fingerprint density at radius 2 is 2.37 bits per heavy atom. The van der Waals surface area contributed by atoms with Crippen molar-refractivity contribution in [3.63, 3.8) is 0 Å². The first-order valence-electron chi connectivity index (χ1n) is 5.87. The highest BCUT2D eigenvalue weighted by molar-refractivity contribution is 7.10. The molecule has 2 rings (SSSR count). The minimum atomic E-state index is -0.777. The number of aromatic nitrogens is 1. The number of nitrogens with zero attached hydrogens (tertiary/aromatic N) is 1. The Hall–Kier alpha value is -1.95. The van der Waals surface area contributed by atoms with Crippen molar-refractivity contribution in [1.82, 2.24) is 10.3 Å². The van der Waals surface area contributed by atoms with Crippen molar-refractivity contribution < 1.29 is 9.18 Å². The average Bonchev–Trinajstić information content (AvgIpc) is 2.92. The summed E-state index contributed by atoms with van der Waals surface area (Å²) in [6.07, 6.45) is 2.05. The lowest BCUT2D eigenvalue weighted by atomic mass is 10.1. The van der Waals surface area contributed by atoms with Gasteiger partial charge in [-0.05, 0) is 23.9 Å².